The normalized spacial score (nSPS) is 11.9. The number of anilines is 2. The standard InChI is InChI=1S/C20H16ClN3O3/c21-15-4-2-14(3-5-15)20(25)24-16-6-8-19(23-11-16)22-10-13-1-7-17-18(9-13)27-12-26-17/h1-9,11H,10,12H2,(H,22,23)(H,24,25). The highest BCUT2D eigenvalue weighted by Gasteiger charge is 2.13. The molecule has 1 aliphatic rings. The van der Waals surface area contributed by atoms with Crippen LogP contribution in [-0.2, 0) is 6.54 Å². The number of halogens is 1. The third-order valence-electron chi connectivity index (χ3n) is 4.04. The summed E-state index contributed by atoms with van der Waals surface area (Å²) in [6.07, 6.45) is 1.61. The smallest absolute Gasteiger partial charge is 0.255 e. The SMILES string of the molecule is O=C(Nc1ccc(NCc2ccc3c(c2)OCO3)nc1)c1ccc(Cl)cc1. The molecule has 3 aromatic rings. The Morgan fingerprint density at radius 3 is 2.63 bits per heavy atom. The average molecular weight is 382 g/mol. The van der Waals surface area contributed by atoms with Crippen LogP contribution in [0, 0.1) is 0 Å². The first-order valence-electron chi connectivity index (χ1n) is 8.33. The molecule has 7 heteroatoms. The molecule has 0 spiro atoms. The van der Waals surface area contributed by atoms with Crippen molar-refractivity contribution in [3.05, 3.63) is 76.9 Å². The lowest BCUT2D eigenvalue weighted by Crippen LogP contribution is -2.12. The van der Waals surface area contributed by atoms with Crippen molar-refractivity contribution >= 4 is 29.0 Å². The van der Waals surface area contributed by atoms with Crippen LogP contribution in [0.25, 0.3) is 0 Å². The van der Waals surface area contributed by atoms with Crippen LogP contribution in [0.2, 0.25) is 5.02 Å². The zero-order chi connectivity index (χ0) is 18.6. The van der Waals surface area contributed by atoms with Crippen molar-refractivity contribution in [2.75, 3.05) is 17.4 Å². The Kier molecular flexibility index (Phi) is 4.80. The summed E-state index contributed by atoms with van der Waals surface area (Å²) in [6.45, 7) is 0.858. The van der Waals surface area contributed by atoms with Crippen molar-refractivity contribution in [2.24, 2.45) is 0 Å². The van der Waals surface area contributed by atoms with Gasteiger partial charge in [-0.3, -0.25) is 4.79 Å². The van der Waals surface area contributed by atoms with E-state index in [9.17, 15) is 4.79 Å². The number of nitrogens with zero attached hydrogens (tertiary/aromatic N) is 1. The van der Waals surface area contributed by atoms with Gasteiger partial charge in [0.1, 0.15) is 5.82 Å². The summed E-state index contributed by atoms with van der Waals surface area (Å²) < 4.78 is 10.7. The lowest BCUT2D eigenvalue weighted by molar-refractivity contribution is 0.102. The molecule has 6 nitrogen and oxygen atoms in total. The van der Waals surface area contributed by atoms with E-state index in [-0.39, 0.29) is 12.7 Å². The Labute approximate surface area is 161 Å². The number of hydrogen-bond acceptors (Lipinski definition) is 5. The molecule has 0 saturated carbocycles. The molecule has 2 heterocycles. The van der Waals surface area contributed by atoms with E-state index in [1.165, 1.54) is 0 Å². The summed E-state index contributed by atoms with van der Waals surface area (Å²) in [5.74, 6) is 2.01. The lowest BCUT2D eigenvalue weighted by Gasteiger charge is -2.08. The van der Waals surface area contributed by atoms with E-state index in [1.807, 2.05) is 24.3 Å². The molecule has 0 saturated heterocycles. The van der Waals surface area contributed by atoms with E-state index in [0.717, 1.165) is 17.1 Å². The summed E-state index contributed by atoms with van der Waals surface area (Å²) in [5, 5.41) is 6.63. The van der Waals surface area contributed by atoms with Crippen LogP contribution in [0.15, 0.2) is 60.8 Å². The first-order valence-corrected chi connectivity index (χ1v) is 8.70. The molecule has 0 atom stereocenters. The number of rotatable bonds is 5. The van der Waals surface area contributed by atoms with Gasteiger partial charge < -0.3 is 20.1 Å². The maximum absolute atomic E-state index is 12.2. The second-order valence-corrected chi connectivity index (χ2v) is 6.37. The molecule has 2 N–H and O–H groups in total. The number of aromatic nitrogens is 1. The van der Waals surface area contributed by atoms with Gasteiger partial charge in [-0.2, -0.15) is 0 Å². The fraction of sp³-hybridized carbons (Fsp3) is 0.100. The molecule has 136 valence electrons. The van der Waals surface area contributed by atoms with Crippen LogP contribution in [0.3, 0.4) is 0 Å². The highest BCUT2D eigenvalue weighted by Crippen LogP contribution is 2.32. The highest BCUT2D eigenvalue weighted by molar-refractivity contribution is 6.30. The fourth-order valence-electron chi connectivity index (χ4n) is 2.62. The molecule has 0 aliphatic carbocycles. The van der Waals surface area contributed by atoms with Crippen molar-refractivity contribution in [2.45, 2.75) is 6.54 Å². The van der Waals surface area contributed by atoms with Crippen LogP contribution in [0.5, 0.6) is 11.5 Å². The number of benzene rings is 2. The number of carbonyl (C=O) groups excluding carboxylic acids is 1. The van der Waals surface area contributed by atoms with Gasteiger partial charge in [0, 0.05) is 17.1 Å². The molecule has 0 radical (unpaired) electrons. The van der Waals surface area contributed by atoms with Crippen molar-refractivity contribution in [1.82, 2.24) is 4.98 Å². The molecule has 4 rings (SSSR count). The van der Waals surface area contributed by atoms with Gasteiger partial charge in [0.2, 0.25) is 6.79 Å². The summed E-state index contributed by atoms with van der Waals surface area (Å²) in [6, 6.07) is 16.1. The molecule has 1 aromatic heterocycles. The molecule has 0 fully saturated rings. The van der Waals surface area contributed by atoms with Gasteiger partial charge in [-0.05, 0) is 54.1 Å². The molecular weight excluding hydrogens is 366 g/mol. The minimum atomic E-state index is -0.213. The fourth-order valence-corrected chi connectivity index (χ4v) is 2.75. The van der Waals surface area contributed by atoms with Gasteiger partial charge in [-0.1, -0.05) is 17.7 Å². The molecule has 2 aromatic carbocycles. The second kappa shape index (κ2) is 7.55. The van der Waals surface area contributed by atoms with Gasteiger partial charge in [0.05, 0.1) is 11.9 Å². The molecule has 1 aliphatic heterocycles. The Morgan fingerprint density at radius 2 is 1.85 bits per heavy atom. The van der Waals surface area contributed by atoms with E-state index in [0.29, 0.717) is 28.6 Å². The minimum Gasteiger partial charge on any atom is -0.454 e. The van der Waals surface area contributed by atoms with E-state index < -0.39 is 0 Å². The highest BCUT2D eigenvalue weighted by atomic mass is 35.5. The molecule has 0 bridgehead atoms. The van der Waals surface area contributed by atoms with Gasteiger partial charge in [-0.25, -0.2) is 4.98 Å². The van der Waals surface area contributed by atoms with Crippen molar-refractivity contribution in [3.63, 3.8) is 0 Å². The van der Waals surface area contributed by atoms with Gasteiger partial charge >= 0.3 is 0 Å². The third-order valence-corrected chi connectivity index (χ3v) is 4.29. The second-order valence-electron chi connectivity index (χ2n) is 5.93. The number of nitrogens with one attached hydrogen (secondary N) is 2. The van der Waals surface area contributed by atoms with E-state index in [2.05, 4.69) is 15.6 Å². The molecule has 27 heavy (non-hydrogen) atoms. The predicted octanol–water partition coefficient (Wildman–Crippen LogP) is 4.33. The predicted molar refractivity (Wildman–Crippen MR) is 104 cm³/mol. The number of carbonyl (C=O) groups is 1. The Hall–Kier alpha value is -3.25. The maximum Gasteiger partial charge on any atom is 0.255 e. The van der Waals surface area contributed by atoms with Crippen LogP contribution in [0.1, 0.15) is 15.9 Å². The zero-order valence-electron chi connectivity index (χ0n) is 14.2. The Morgan fingerprint density at radius 1 is 1.04 bits per heavy atom. The summed E-state index contributed by atoms with van der Waals surface area (Å²) in [4.78, 5) is 16.5. The average Bonchev–Trinajstić information content (AvgIpc) is 3.16. The molecular formula is C20H16ClN3O3. The van der Waals surface area contributed by atoms with E-state index >= 15 is 0 Å². The number of hydrogen-bond donors (Lipinski definition) is 2. The number of ether oxygens (including phenoxy) is 2. The maximum atomic E-state index is 12.2. The summed E-state index contributed by atoms with van der Waals surface area (Å²) in [5.41, 5.74) is 2.20. The van der Waals surface area contributed by atoms with Crippen LogP contribution in [0.4, 0.5) is 11.5 Å². The zero-order valence-corrected chi connectivity index (χ0v) is 15.0. The topological polar surface area (TPSA) is 72.5 Å². The number of pyridine rings is 1. The lowest BCUT2D eigenvalue weighted by atomic mass is 10.2. The Bertz CT molecular complexity index is 959. The van der Waals surface area contributed by atoms with Gasteiger partial charge in [0.25, 0.3) is 5.91 Å². The first-order chi connectivity index (χ1) is 13.2. The van der Waals surface area contributed by atoms with Crippen LogP contribution < -0.4 is 20.1 Å². The number of amides is 1. The molecule has 1 amide bonds. The van der Waals surface area contributed by atoms with Crippen LogP contribution >= 0.6 is 11.6 Å². The van der Waals surface area contributed by atoms with Crippen molar-refractivity contribution in [1.29, 1.82) is 0 Å². The Balaban J connectivity index is 1.34. The monoisotopic (exact) mass is 381 g/mol. The third kappa shape index (κ3) is 4.12. The minimum absolute atomic E-state index is 0.213. The summed E-state index contributed by atoms with van der Waals surface area (Å²) >= 11 is 5.83. The van der Waals surface area contributed by atoms with Crippen LogP contribution in [-0.4, -0.2) is 17.7 Å². The first kappa shape index (κ1) is 17.2. The molecule has 0 unspecified atom stereocenters. The largest absolute Gasteiger partial charge is 0.454 e. The van der Waals surface area contributed by atoms with E-state index in [1.54, 1.807) is 36.5 Å². The summed E-state index contributed by atoms with van der Waals surface area (Å²) in [7, 11) is 0. The number of fused-ring (bicyclic) bond motifs is 1. The van der Waals surface area contributed by atoms with Crippen molar-refractivity contribution in [3.8, 4) is 11.5 Å². The van der Waals surface area contributed by atoms with Crippen molar-refractivity contribution < 1.29 is 14.3 Å². The van der Waals surface area contributed by atoms with Gasteiger partial charge in [0.15, 0.2) is 11.5 Å². The van der Waals surface area contributed by atoms with Gasteiger partial charge in [-0.15, -0.1) is 0 Å². The van der Waals surface area contributed by atoms with E-state index in [4.69, 9.17) is 21.1 Å². The quantitative estimate of drug-likeness (QED) is 0.688.